The Morgan fingerprint density at radius 1 is 1.41 bits per heavy atom. The van der Waals surface area contributed by atoms with Crippen molar-refractivity contribution < 1.29 is 13.7 Å². The summed E-state index contributed by atoms with van der Waals surface area (Å²) in [6.07, 6.45) is 4.09. The molecule has 174 valence electrons. The molecular weight excluding hydrogens is 430 g/mol. The second-order valence-corrected chi connectivity index (χ2v) is 10.7. The number of aryl methyl sites for hydroxylation is 1. The SMILES string of the molecule is Cc1c(C(C)C)nc2c(c1NC(=O)N=S(N)(=O)c1cnn3c1OCC(N(C)C)C3)CCC2. The van der Waals surface area contributed by atoms with Crippen LogP contribution in [0.3, 0.4) is 0 Å². The molecule has 1 aliphatic carbocycles. The Balaban J connectivity index is 1.64. The minimum Gasteiger partial charge on any atom is -0.475 e. The predicted molar refractivity (Wildman–Crippen MR) is 122 cm³/mol. The zero-order valence-corrected chi connectivity index (χ0v) is 20.0. The Morgan fingerprint density at radius 3 is 2.84 bits per heavy atom. The minimum absolute atomic E-state index is 0.129. The molecule has 2 aromatic rings. The summed E-state index contributed by atoms with van der Waals surface area (Å²) in [6.45, 7) is 7.07. The molecule has 1 aliphatic heterocycles. The second kappa shape index (κ2) is 8.45. The Morgan fingerprint density at radius 2 is 2.16 bits per heavy atom. The Labute approximate surface area is 188 Å². The van der Waals surface area contributed by atoms with Gasteiger partial charge in [0.25, 0.3) is 0 Å². The van der Waals surface area contributed by atoms with E-state index < -0.39 is 15.9 Å². The van der Waals surface area contributed by atoms with Gasteiger partial charge >= 0.3 is 6.03 Å². The van der Waals surface area contributed by atoms with Crippen molar-refractivity contribution in [3.63, 3.8) is 0 Å². The molecule has 0 radical (unpaired) electrons. The van der Waals surface area contributed by atoms with Crippen molar-refractivity contribution in [3.8, 4) is 5.88 Å². The molecule has 0 fully saturated rings. The highest BCUT2D eigenvalue weighted by molar-refractivity contribution is 7.91. The first-order chi connectivity index (χ1) is 15.1. The number of nitrogens with two attached hydrogens (primary N) is 1. The molecule has 10 nitrogen and oxygen atoms in total. The molecular formula is C21H31N7O3S. The van der Waals surface area contributed by atoms with Gasteiger partial charge in [-0.15, -0.1) is 4.36 Å². The summed E-state index contributed by atoms with van der Waals surface area (Å²) in [5.41, 5.74) is 4.61. The Hall–Kier alpha value is -2.50. The standard InChI is InChI=1S/C21H31N7O3S/c1-12(2)18-13(3)19(15-7-6-8-16(15)24-18)25-21(29)26-32(22,30)17-9-23-28-10-14(27(4)5)11-31-20(17)28/h9,12,14H,6-8,10-11H2,1-5H3,(H3,22,24,25,26,29,30). The third kappa shape index (κ3) is 4.12. The number of hydrogen-bond donors (Lipinski definition) is 2. The van der Waals surface area contributed by atoms with Crippen LogP contribution >= 0.6 is 0 Å². The van der Waals surface area contributed by atoms with E-state index in [-0.39, 0.29) is 16.9 Å². The van der Waals surface area contributed by atoms with Gasteiger partial charge in [-0.05, 0) is 57.3 Å². The molecule has 2 amide bonds. The third-order valence-electron chi connectivity index (χ3n) is 6.10. The van der Waals surface area contributed by atoms with Gasteiger partial charge in [0.2, 0.25) is 5.88 Å². The molecule has 3 N–H and O–H groups in total. The molecule has 2 aromatic heterocycles. The van der Waals surface area contributed by atoms with Crippen LogP contribution in [0.4, 0.5) is 10.5 Å². The fourth-order valence-electron chi connectivity index (χ4n) is 4.31. The second-order valence-electron chi connectivity index (χ2n) is 8.95. The van der Waals surface area contributed by atoms with Crippen molar-refractivity contribution in [2.45, 2.75) is 63.4 Å². The number of ether oxygens (including phenoxy) is 1. The number of nitrogens with zero attached hydrogens (tertiary/aromatic N) is 5. The summed E-state index contributed by atoms with van der Waals surface area (Å²) < 4.78 is 24.5. The van der Waals surface area contributed by atoms with Crippen LogP contribution in [0.25, 0.3) is 0 Å². The van der Waals surface area contributed by atoms with Crippen LogP contribution in [0, 0.1) is 6.92 Å². The average molecular weight is 462 g/mol. The molecule has 0 spiro atoms. The van der Waals surface area contributed by atoms with Crippen molar-refractivity contribution in [1.82, 2.24) is 19.7 Å². The fraction of sp³-hybridized carbons (Fsp3) is 0.571. The molecule has 0 bridgehead atoms. The highest BCUT2D eigenvalue weighted by atomic mass is 32.2. The highest BCUT2D eigenvalue weighted by Gasteiger charge is 2.29. The molecule has 32 heavy (non-hydrogen) atoms. The molecule has 2 unspecified atom stereocenters. The lowest BCUT2D eigenvalue weighted by atomic mass is 9.99. The van der Waals surface area contributed by atoms with Crippen LogP contribution in [-0.2, 0) is 29.3 Å². The number of amides is 2. The molecule has 2 aliphatic rings. The van der Waals surface area contributed by atoms with E-state index in [1.807, 2.05) is 25.9 Å². The number of pyridine rings is 1. The number of nitrogens with one attached hydrogen (secondary N) is 1. The first-order valence-corrected chi connectivity index (χ1v) is 12.4. The largest absolute Gasteiger partial charge is 0.475 e. The van der Waals surface area contributed by atoms with Crippen molar-refractivity contribution in [3.05, 3.63) is 28.7 Å². The van der Waals surface area contributed by atoms with Gasteiger partial charge in [0.15, 0.2) is 9.92 Å². The summed E-state index contributed by atoms with van der Waals surface area (Å²) in [7, 11) is 0.369. The number of carbonyl (C=O) groups is 1. The number of carbonyl (C=O) groups excluding carboxylic acids is 1. The summed E-state index contributed by atoms with van der Waals surface area (Å²) in [5.74, 6) is 0.518. The van der Waals surface area contributed by atoms with E-state index in [4.69, 9.17) is 14.9 Å². The van der Waals surface area contributed by atoms with Crippen molar-refractivity contribution >= 4 is 21.6 Å². The molecule has 0 saturated heterocycles. The number of hydrogen-bond acceptors (Lipinski definition) is 6. The average Bonchev–Trinajstić information content (AvgIpc) is 3.35. The van der Waals surface area contributed by atoms with Gasteiger partial charge in [-0.1, -0.05) is 13.8 Å². The van der Waals surface area contributed by atoms with Gasteiger partial charge in [-0.3, -0.25) is 4.98 Å². The maximum absolute atomic E-state index is 13.2. The van der Waals surface area contributed by atoms with Gasteiger partial charge < -0.3 is 15.0 Å². The number of fused-ring (bicyclic) bond motifs is 2. The summed E-state index contributed by atoms with van der Waals surface area (Å²) >= 11 is 0. The number of aromatic nitrogens is 3. The Kier molecular flexibility index (Phi) is 5.99. The zero-order chi connectivity index (χ0) is 23.2. The minimum atomic E-state index is -3.54. The van der Waals surface area contributed by atoms with Gasteiger partial charge in [-0.2, -0.15) is 5.10 Å². The van der Waals surface area contributed by atoms with Crippen molar-refractivity contribution in [1.29, 1.82) is 0 Å². The van der Waals surface area contributed by atoms with Crippen LogP contribution in [0.15, 0.2) is 15.5 Å². The van der Waals surface area contributed by atoms with E-state index in [1.165, 1.54) is 6.20 Å². The molecule has 0 saturated carbocycles. The molecule has 2 atom stereocenters. The van der Waals surface area contributed by atoms with Crippen LogP contribution < -0.4 is 15.2 Å². The van der Waals surface area contributed by atoms with Crippen LogP contribution in [0.2, 0.25) is 0 Å². The lowest BCUT2D eigenvalue weighted by Crippen LogP contribution is -2.41. The lowest BCUT2D eigenvalue weighted by molar-refractivity contribution is 0.117. The topological polar surface area (TPSA) is 128 Å². The van der Waals surface area contributed by atoms with E-state index in [1.54, 1.807) is 4.68 Å². The third-order valence-corrected chi connectivity index (χ3v) is 7.45. The van der Waals surface area contributed by atoms with E-state index in [9.17, 15) is 9.00 Å². The van der Waals surface area contributed by atoms with E-state index in [2.05, 4.69) is 28.6 Å². The first-order valence-electron chi connectivity index (χ1n) is 10.8. The van der Waals surface area contributed by atoms with Crippen LogP contribution in [0.5, 0.6) is 5.88 Å². The quantitative estimate of drug-likeness (QED) is 0.720. The van der Waals surface area contributed by atoms with Gasteiger partial charge in [0.1, 0.15) is 11.5 Å². The summed E-state index contributed by atoms with van der Waals surface area (Å²) in [4.78, 5) is 19.8. The maximum Gasteiger partial charge on any atom is 0.354 e. The van der Waals surface area contributed by atoms with Crippen LogP contribution in [0.1, 0.15) is 48.7 Å². The summed E-state index contributed by atoms with van der Waals surface area (Å²) in [5, 5.41) is 13.1. The van der Waals surface area contributed by atoms with Crippen LogP contribution in [-0.4, -0.2) is 56.6 Å². The molecule has 4 rings (SSSR count). The van der Waals surface area contributed by atoms with Crippen molar-refractivity contribution in [2.75, 3.05) is 26.0 Å². The number of rotatable bonds is 4. The maximum atomic E-state index is 13.2. The zero-order valence-electron chi connectivity index (χ0n) is 19.2. The first kappa shape index (κ1) is 22.7. The van der Waals surface area contributed by atoms with E-state index in [0.717, 1.165) is 41.8 Å². The summed E-state index contributed by atoms with van der Waals surface area (Å²) in [6, 6.07) is -0.617. The van der Waals surface area contributed by atoms with Gasteiger partial charge in [0.05, 0.1) is 24.5 Å². The van der Waals surface area contributed by atoms with E-state index in [0.29, 0.717) is 24.7 Å². The lowest BCUT2D eigenvalue weighted by Gasteiger charge is -2.29. The molecule has 0 aromatic carbocycles. The number of likely N-dealkylation sites (N-methyl/N-ethyl adjacent to an activating group) is 1. The molecule has 11 heteroatoms. The molecule has 3 heterocycles. The highest BCUT2D eigenvalue weighted by Crippen LogP contribution is 2.35. The van der Waals surface area contributed by atoms with Crippen molar-refractivity contribution in [2.24, 2.45) is 9.50 Å². The smallest absolute Gasteiger partial charge is 0.354 e. The van der Waals surface area contributed by atoms with Gasteiger partial charge in [-0.25, -0.2) is 18.8 Å². The predicted octanol–water partition coefficient (Wildman–Crippen LogP) is 2.45. The Bertz CT molecular complexity index is 1180. The van der Waals surface area contributed by atoms with E-state index >= 15 is 0 Å². The normalized spacial score (nSPS) is 19.3. The fourth-order valence-corrected chi connectivity index (χ4v) is 5.31. The monoisotopic (exact) mass is 461 g/mol. The number of urea groups is 1. The van der Waals surface area contributed by atoms with Gasteiger partial charge in [0, 0.05) is 11.4 Å². The number of anilines is 1.